The van der Waals surface area contributed by atoms with Crippen LogP contribution in [0.1, 0.15) is 29.9 Å². The van der Waals surface area contributed by atoms with Crippen LogP contribution < -0.4 is 0 Å². The lowest BCUT2D eigenvalue weighted by atomic mass is 9.93. The maximum atomic E-state index is 12.7. The van der Waals surface area contributed by atoms with Crippen molar-refractivity contribution >= 4 is 17.2 Å². The normalized spacial score (nSPS) is 28.0. The van der Waals surface area contributed by atoms with Gasteiger partial charge in [-0.3, -0.25) is 4.79 Å². The molecule has 1 aromatic heterocycles. The molecule has 5 nitrogen and oxygen atoms in total. The summed E-state index contributed by atoms with van der Waals surface area (Å²) in [6, 6.07) is 4.34. The van der Waals surface area contributed by atoms with Gasteiger partial charge in [0.25, 0.3) is 5.91 Å². The highest BCUT2D eigenvalue weighted by Crippen LogP contribution is 2.33. The molecule has 6 heteroatoms. The van der Waals surface area contributed by atoms with Gasteiger partial charge in [-0.15, -0.1) is 11.3 Å². The minimum Gasteiger partial charge on any atom is -0.377 e. The Bertz CT molecular complexity index is 548. The summed E-state index contributed by atoms with van der Waals surface area (Å²) in [5.41, 5.74) is -0.341. The van der Waals surface area contributed by atoms with Crippen LogP contribution in [-0.2, 0) is 9.47 Å². The van der Waals surface area contributed by atoms with Gasteiger partial charge in [-0.05, 0) is 44.7 Å². The average Bonchev–Trinajstić information content (AvgIpc) is 3.15. The van der Waals surface area contributed by atoms with Crippen molar-refractivity contribution in [2.24, 2.45) is 5.92 Å². The van der Waals surface area contributed by atoms with Crippen LogP contribution in [0.15, 0.2) is 17.5 Å². The van der Waals surface area contributed by atoms with Crippen LogP contribution >= 0.6 is 11.3 Å². The molecule has 0 aromatic carbocycles. The summed E-state index contributed by atoms with van der Waals surface area (Å²) < 4.78 is 12.0. The summed E-state index contributed by atoms with van der Waals surface area (Å²) >= 11 is 1.50. The molecule has 1 spiro atoms. The molecular weight excluding hydrogens is 324 g/mol. The van der Waals surface area contributed by atoms with Crippen LogP contribution in [0.4, 0.5) is 0 Å². The van der Waals surface area contributed by atoms with E-state index in [1.54, 1.807) is 0 Å². The third-order valence-electron chi connectivity index (χ3n) is 5.08. The van der Waals surface area contributed by atoms with E-state index in [0.717, 1.165) is 24.4 Å². The smallest absolute Gasteiger partial charge is 0.264 e. The molecule has 2 fully saturated rings. The lowest BCUT2D eigenvalue weighted by Gasteiger charge is -2.31. The second-order valence-electron chi connectivity index (χ2n) is 7.35. The first-order valence-corrected chi connectivity index (χ1v) is 9.62. The van der Waals surface area contributed by atoms with Crippen LogP contribution in [0, 0.1) is 5.92 Å². The summed E-state index contributed by atoms with van der Waals surface area (Å²) in [5, 5.41) is 1.95. The molecule has 0 bridgehead atoms. The van der Waals surface area contributed by atoms with Crippen LogP contribution in [0.3, 0.4) is 0 Å². The predicted octanol–water partition coefficient (Wildman–Crippen LogP) is 2.34. The number of carbonyl (C=O) groups is 1. The van der Waals surface area contributed by atoms with Gasteiger partial charge in [0, 0.05) is 19.1 Å². The summed E-state index contributed by atoms with van der Waals surface area (Å²) in [4.78, 5) is 17.8. The first-order valence-electron chi connectivity index (χ1n) is 8.74. The largest absolute Gasteiger partial charge is 0.377 e. The molecule has 2 atom stereocenters. The Kier molecular flexibility index (Phi) is 5.59. The number of thiophene rings is 1. The molecule has 0 N–H and O–H groups in total. The molecule has 3 heterocycles. The van der Waals surface area contributed by atoms with Crippen molar-refractivity contribution in [1.82, 2.24) is 9.80 Å². The third kappa shape index (κ3) is 3.99. The van der Waals surface area contributed by atoms with Crippen molar-refractivity contribution in [2.75, 3.05) is 46.5 Å². The molecule has 0 aliphatic carbocycles. The summed E-state index contributed by atoms with van der Waals surface area (Å²) in [7, 11) is 2.16. The number of rotatable bonds is 4. The zero-order valence-electron chi connectivity index (χ0n) is 14.9. The second-order valence-corrected chi connectivity index (χ2v) is 8.30. The fourth-order valence-electron chi connectivity index (χ4n) is 3.52. The van der Waals surface area contributed by atoms with Crippen LogP contribution in [0.5, 0.6) is 0 Å². The lowest BCUT2D eigenvalue weighted by Crippen LogP contribution is -2.46. The zero-order valence-corrected chi connectivity index (χ0v) is 15.7. The van der Waals surface area contributed by atoms with Gasteiger partial charge >= 0.3 is 0 Å². The highest BCUT2D eigenvalue weighted by Gasteiger charge is 2.44. The maximum absolute atomic E-state index is 12.7. The number of nitrogens with zero attached hydrogens (tertiary/aromatic N) is 2. The highest BCUT2D eigenvalue weighted by atomic mass is 32.1. The minimum absolute atomic E-state index is 0.0984. The van der Waals surface area contributed by atoms with Crippen LogP contribution in [-0.4, -0.2) is 73.9 Å². The van der Waals surface area contributed by atoms with Crippen LogP contribution in [0.2, 0.25) is 0 Å². The van der Waals surface area contributed by atoms with Gasteiger partial charge in [-0.25, -0.2) is 0 Å². The molecule has 2 saturated heterocycles. The van der Waals surface area contributed by atoms with Crippen molar-refractivity contribution < 1.29 is 14.3 Å². The number of carbonyl (C=O) groups excluding carboxylic acids is 1. The summed E-state index contributed by atoms with van der Waals surface area (Å²) in [6.07, 6.45) is 0.957. The van der Waals surface area contributed by atoms with E-state index in [1.807, 2.05) is 22.4 Å². The van der Waals surface area contributed by atoms with Gasteiger partial charge in [-0.1, -0.05) is 6.07 Å². The monoisotopic (exact) mass is 352 g/mol. The Morgan fingerprint density at radius 3 is 3.08 bits per heavy atom. The van der Waals surface area contributed by atoms with E-state index in [9.17, 15) is 4.79 Å². The van der Waals surface area contributed by atoms with E-state index < -0.39 is 0 Å². The molecule has 134 valence electrons. The molecule has 24 heavy (non-hydrogen) atoms. The van der Waals surface area contributed by atoms with E-state index in [4.69, 9.17) is 9.47 Å². The molecule has 0 saturated carbocycles. The predicted molar refractivity (Wildman–Crippen MR) is 95.6 cm³/mol. The lowest BCUT2D eigenvalue weighted by molar-refractivity contribution is -0.0539. The van der Waals surface area contributed by atoms with Gasteiger partial charge in [0.1, 0.15) is 5.60 Å². The van der Waals surface area contributed by atoms with Gasteiger partial charge in [0.15, 0.2) is 0 Å². The number of hydrogen-bond donors (Lipinski definition) is 0. The van der Waals surface area contributed by atoms with Crippen molar-refractivity contribution in [3.63, 3.8) is 0 Å². The fraction of sp³-hybridized carbons (Fsp3) is 0.722. The SMILES string of the molecule is CC(C)N(C)C[C@H]1CO[C@]2(COCCN(C(=O)c3cccs3)C2)C1. The van der Waals surface area contributed by atoms with Crippen molar-refractivity contribution in [3.8, 4) is 0 Å². The molecule has 2 aliphatic heterocycles. The van der Waals surface area contributed by atoms with Gasteiger partial charge in [0.2, 0.25) is 0 Å². The Morgan fingerprint density at radius 1 is 1.54 bits per heavy atom. The van der Waals surface area contributed by atoms with E-state index in [2.05, 4.69) is 25.8 Å². The average molecular weight is 353 g/mol. The van der Waals surface area contributed by atoms with Gasteiger partial charge < -0.3 is 19.3 Å². The molecule has 1 aromatic rings. The van der Waals surface area contributed by atoms with E-state index in [0.29, 0.717) is 38.3 Å². The maximum Gasteiger partial charge on any atom is 0.264 e. The standard InChI is InChI=1S/C18H28N2O3S/c1-14(2)19(3)10-15-9-18(23-11-15)12-20(6-7-22-13-18)17(21)16-5-4-8-24-16/h4-5,8,14-15H,6-7,9-13H2,1-3H3/t15-,18+/m0/s1. The Hall–Kier alpha value is -0.950. The Labute approximate surface area is 148 Å². The summed E-state index contributed by atoms with van der Waals surface area (Å²) in [5.74, 6) is 0.596. The third-order valence-corrected chi connectivity index (χ3v) is 5.94. The zero-order chi connectivity index (χ0) is 17.2. The van der Waals surface area contributed by atoms with Crippen molar-refractivity contribution in [1.29, 1.82) is 0 Å². The minimum atomic E-state index is -0.341. The molecular formula is C18H28N2O3S. The first-order chi connectivity index (χ1) is 11.5. The van der Waals surface area contributed by atoms with Gasteiger partial charge in [-0.2, -0.15) is 0 Å². The highest BCUT2D eigenvalue weighted by molar-refractivity contribution is 7.12. The topological polar surface area (TPSA) is 42.0 Å². The van der Waals surface area contributed by atoms with Gasteiger partial charge in [0.05, 0.1) is 31.2 Å². The first kappa shape index (κ1) is 17.9. The number of amides is 1. The Balaban J connectivity index is 1.65. The summed E-state index contributed by atoms with van der Waals surface area (Å²) in [6.45, 7) is 8.63. The molecule has 0 unspecified atom stereocenters. The number of ether oxygens (including phenoxy) is 2. The number of hydrogen-bond acceptors (Lipinski definition) is 5. The Morgan fingerprint density at radius 2 is 2.38 bits per heavy atom. The molecule has 3 rings (SSSR count). The molecule has 1 amide bonds. The molecule has 0 radical (unpaired) electrons. The second kappa shape index (κ2) is 7.52. The van der Waals surface area contributed by atoms with E-state index in [1.165, 1.54) is 11.3 Å². The fourth-order valence-corrected chi connectivity index (χ4v) is 4.21. The van der Waals surface area contributed by atoms with Crippen molar-refractivity contribution in [2.45, 2.75) is 31.9 Å². The van der Waals surface area contributed by atoms with Crippen molar-refractivity contribution in [3.05, 3.63) is 22.4 Å². The van der Waals surface area contributed by atoms with E-state index >= 15 is 0 Å². The van der Waals surface area contributed by atoms with Crippen LogP contribution in [0.25, 0.3) is 0 Å². The molecule has 2 aliphatic rings. The van der Waals surface area contributed by atoms with E-state index in [-0.39, 0.29) is 11.5 Å². The quantitative estimate of drug-likeness (QED) is 0.834.